The molecule has 108 valence electrons. The maximum atomic E-state index is 10.8. The molecule has 1 saturated carbocycles. The first-order valence-electron chi connectivity index (χ1n) is 7.47. The zero-order chi connectivity index (χ0) is 14.1. The molecule has 3 rings (SSSR count). The molecule has 5 heteroatoms. The van der Waals surface area contributed by atoms with Gasteiger partial charge in [0.15, 0.2) is 0 Å². The van der Waals surface area contributed by atoms with E-state index >= 15 is 0 Å². The number of nitrogens with two attached hydrogens (primary N) is 1. The topological polar surface area (TPSA) is 72.4 Å². The normalized spacial score (nSPS) is 26.1. The number of hydrogen-bond donors (Lipinski definition) is 1. The zero-order valence-electron chi connectivity index (χ0n) is 11.6. The average Bonchev–Trinajstić information content (AvgIpc) is 2.46. The second kappa shape index (κ2) is 5.31. The van der Waals surface area contributed by atoms with E-state index in [9.17, 15) is 10.1 Å². The lowest BCUT2D eigenvalue weighted by Crippen LogP contribution is -2.46. The van der Waals surface area contributed by atoms with Gasteiger partial charge in [0.25, 0.3) is 5.69 Å². The first kappa shape index (κ1) is 13.2. The molecule has 1 heterocycles. The summed E-state index contributed by atoms with van der Waals surface area (Å²) in [7, 11) is 0. The maximum Gasteiger partial charge on any atom is 0.292 e. The number of rotatable bonds is 2. The number of nitrogens with zero attached hydrogens (tertiary/aromatic N) is 2. The Bertz CT molecular complexity index is 516. The van der Waals surface area contributed by atoms with E-state index < -0.39 is 4.92 Å². The minimum absolute atomic E-state index is 0.00551. The van der Waals surface area contributed by atoms with E-state index in [-0.39, 0.29) is 11.4 Å². The van der Waals surface area contributed by atoms with Gasteiger partial charge in [-0.25, -0.2) is 0 Å². The average molecular weight is 275 g/mol. The van der Waals surface area contributed by atoms with Crippen molar-refractivity contribution < 1.29 is 4.92 Å². The van der Waals surface area contributed by atoms with Gasteiger partial charge >= 0.3 is 0 Å². The molecule has 0 radical (unpaired) electrons. The van der Waals surface area contributed by atoms with Crippen LogP contribution in [0.3, 0.4) is 0 Å². The van der Waals surface area contributed by atoms with Crippen LogP contribution in [0.2, 0.25) is 0 Å². The number of nitro benzene ring substituents is 1. The molecule has 1 aliphatic carbocycles. The third kappa shape index (κ3) is 2.32. The molecule has 1 saturated heterocycles. The molecule has 2 aliphatic rings. The molecule has 0 aromatic heterocycles. The van der Waals surface area contributed by atoms with Crippen LogP contribution in [-0.2, 0) is 0 Å². The summed E-state index contributed by atoms with van der Waals surface area (Å²) in [5.74, 6) is 0.786. The molecule has 2 atom stereocenters. The Morgan fingerprint density at radius 1 is 1.20 bits per heavy atom. The van der Waals surface area contributed by atoms with Gasteiger partial charge in [0.2, 0.25) is 0 Å². The fourth-order valence-corrected chi connectivity index (χ4v) is 3.83. The van der Waals surface area contributed by atoms with Gasteiger partial charge in [0.1, 0.15) is 5.69 Å². The van der Waals surface area contributed by atoms with E-state index in [0.29, 0.717) is 6.04 Å². The summed E-state index contributed by atoms with van der Waals surface area (Å²) in [5, 5.41) is 10.8. The Labute approximate surface area is 118 Å². The fourth-order valence-electron chi connectivity index (χ4n) is 3.83. The number of anilines is 2. The highest BCUT2D eigenvalue weighted by Crippen LogP contribution is 2.39. The van der Waals surface area contributed by atoms with Gasteiger partial charge in [-0.15, -0.1) is 0 Å². The predicted molar refractivity (Wildman–Crippen MR) is 79.8 cm³/mol. The van der Waals surface area contributed by atoms with Crippen LogP contribution in [0.15, 0.2) is 18.2 Å². The summed E-state index contributed by atoms with van der Waals surface area (Å²) in [6.45, 7) is 1.04. The Kier molecular flexibility index (Phi) is 3.51. The fraction of sp³-hybridized carbons (Fsp3) is 0.600. The van der Waals surface area contributed by atoms with Gasteiger partial charge in [-0.1, -0.05) is 12.8 Å². The molecule has 20 heavy (non-hydrogen) atoms. The first-order valence-corrected chi connectivity index (χ1v) is 7.47. The summed E-state index contributed by atoms with van der Waals surface area (Å²) in [6.07, 6.45) is 7.73. The summed E-state index contributed by atoms with van der Waals surface area (Å²) in [5.41, 5.74) is 7.15. The lowest BCUT2D eigenvalue weighted by molar-refractivity contribution is -0.383. The third-order valence-corrected chi connectivity index (χ3v) is 4.78. The molecule has 2 unspecified atom stereocenters. The molecule has 0 bridgehead atoms. The number of nitrogen functional groups attached to an aromatic ring is 1. The second-order valence-electron chi connectivity index (χ2n) is 5.95. The molecule has 0 amide bonds. The monoisotopic (exact) mass is 275 g/mol. The van der Waals surface area contributed by atoms with E-state index in [0.717, 1.165) is 18.2 Å². The van der Waals surface area contributed by atoms with Gasteiger partial charge in [-0.05, 0) is 43.7 Å². The quantitative estimate of drug-likeness (QED) is 0.510. The van der Waals surface area contributed by atoms with Gasteiger partial charge in [0.05, 0.1) is 4.92 Å². The van der Waals surface area contributed by atoms with Crippen LogP contribution >= 0.6 is 0 Å². The predicted octanol–water partition coefficient (Wildman–Crippen LogP) is 3.34. The minimum Gasteiger partial charge on any atom is -0.393 e. The van der Waals surface area contributed by atoms with Crippen molar-refractivity contribution in [2.45, 2.75) is 44.6 Å². The number of nitro groups is 1. The Balaban J connectivity index is 1.87. The van der Waals surface area contributed by atoms with Crippen molar-refractivity contribution in [2.75, 3.05) is 17.2 Å². The molecule has 1 aromatic rings. The van der Waals surface area contributed by atoms with E-state index in [1.54, 1.807) is 6.07 Å². The third-order valence-electron chi connectivity index (χ3n) is 4.78. The van der Waals surface area contributed by atoms with Gasteiger partial charge in [-0.3, -0.25) is 10.1 Å². The van der Waals surface area contributed by atoms with E-state index in [4.69, 9.17) is 5.73 Å². The Hall–Kier alpha value is -1.78. The highest BCUT2D eigenvalue weighted by Gasteiger charge is 2.33. The number of piperidine rings is 1. The van der Waals surface area contributed by atoms with Crippen molar-refractivity contribution in [1.29, 1.82) is 0 Å². The van der Waals surface area contributed by atoms with E-state index in [2.05, 4.69) is 4.90 Å². The molecular formula is C15H21N3O2. The highest BCUT2D eigenvalue weighted by molar-refractivity contribution is 5.67. The molecule has 0 spiro atoms. The van der Waals surface area contributed by atoms with Crippen LogP contribution in [0.4, 0.5) is 17.1 Å². The van der Waals surface area contributed by atoms with Crippen LogP contribution in [0.5, 0.6) is 0 Å². The number of hydrogen-bond acceptors (Lipinski definition) is 4. The van der Waals surface area contributed by atoms with Crippen LogP contribution in [0.25, 0.3) is 0 Å². The van der Waals surface area contributed by atoms with Gasteiger partial charge in [0, 0.05) is 24.3 Å². The summed E-state index contributed by atoms with van der Waals surface area (Å²) < 4.78 is 0. The van der Waals surface area contributed by atoms with Crippen molar-refractivity contribution in [3.8, 4) is 0 Å². The summed E-state index contributed by atoms with van der Waals surface area (Å²) in [4.78, 5) is 12.9. The first-order chi connectivity index (χ1) is 9.66. The molecule has 1 aromatic carbocycles. The van der Waals surface area contributed by atoms with E-state index in [1.807, 2.05) is 6.07 Å². The van der Waals surface area contributed by atoms with Crippen LogP contribution in [0.1, 0.15) is 38.5 Å². The van der Waals surface area contributed by atoms with Crippen molar-refractivity contribution >= 4 is 17.1 Å². The molecule has 1 aliphatic heterocycles. The highest BCUT2D eigenvalue weighted by atomic mass is 16.6. The maximum absolute atomic E-state index is 10.8. The van der Waals surface area contributed by atoms with Crippen molar-refractivity contribution in [3.05, 3.63) is 28.3 Å². The van der Waals surface area contributed by atoms with Crippen LogP contribution < -0.4 is 10.6 Å². The standard InChI is InChI=1S/C15H21N3O2/c16-13-10-12(7-8-15(13)18(19)20)17-9-3-5-11-4-1-2-6-14(11)17/h7-8,10-11,14H,1-6,9,16H2. The summed E-state index contributed by atoms with van der Waals surface area (Å²) in [6, 6.07) is 5.76. The number of fused-ring (bicyclic) bond motifs is 1. The minimum atomic E-state index is -0.418. The molecule has 5 nitrogen and oxygen atoms in total. The Morgan fingerprint density at radius 3 is 2.70 bits per heavy atom. The molecular weight excluding hydrogens is 254 g/mol. The Morgan fingerprint density at radius 2 is 1.95 bits per heavy atom. The van der Waals surface area contributed by atoms with Gasteiger partial charge in [-0.2, -0.15) is 0 Å². The van der Waals surface area contributed by atoms with E-state index in [1.165, 1.54) is 44.6 Å². The largest absolute Gasteiger partial charge is 0.393 e. The van der Waals surface area contributed by atoms with Crippen molar-refractivity contribution in [1.82, 2.24) is 0 Å². The summed E-state index contributed by atoms with van der Waals surface area (Å²) >= 11 is 0. The smallest absolute Gasteiger partial charge is 0.292 e. The zero-order valence-corrected chi connectivity index (χ0v) is 11.6. The van der Waals surface area contributed by atoms with Crippen molar-refractivity contribution in [2.24, 2.45) is 5.92 Å². The molecule has 2 N–H and O–H groups in total. The second-order valence-corrected chi connectivity index (χ2v) is 5.95. The van der Waals surface area contributed by atoms with Crippen LogP contribution in [0, 0.1) is 16.0 Å². The lowest BCUT2D eigenvalue weighted by Gasteiger charge is -2.45. The molecule has 2 fully saturated rings. The van der Waals surface area contributed by atoms with Gasteiger partial charge < -0.3 is 10.6 Å². The van der Waals surface area contributed by atoms with Crippen LogP contribution in [-0.4, -0.2) is 17.5 Å². The SMILES string of the molecule is Nc1cc(N2CCCC3CCCCC32)ccc1[N+](=O)[O-]. The lowest BCUT2D eigenvalue weighted by atomic mass is 9.78. The van der Waals surface area contributed by atoms with Crippen molar-refractivity contribution in [3.63, 3.8) is 0 Å². The number of benzene rings is 1.